The van der Waals surface area contributed by atoms with Crippen LogP contribution in [0, 0.1) is 0 Å². The summed E-state index contributed by atoms with van der Waals surface area (Å²) < 4.78 is 0. The second-order valence-corrected chi connectivity index (χ2v) is 5.27. The number of aromatic nitrogens is 2. The van der Waals surface area contributed by atoms with Gasteiger partial charge in [-0.15, -0.1) is 0 Å². The Morgan fingerprint density at radius 2 is 2.14 bits per heavy atom. The molecule has 0 amide bonds. The molecule has 0 radical (unpaired) electrons. The molecule has 1 aromatic carbocycles. The van der Waals surface area contributed by atoms with E-state index in [0.717, 1.165) is 6.42 Å². The van der Waals surface area contributed by atoms with E-state index in [4.69, 9.17) is 0 Å². The number of carbonyl (C=O) groups is 1. The summed E-state index contributed by atoms with van der Waals surface area (Å²) in [5, 5.41) is 12.8. The maximum Gasteiger partial charge on any atom is 0.323 e. The monoisotopic (exact) mass is 289 g/mol. The lowest BCUT2D eigenvalue weighted by Crippen LogP contribution is -2.49. The molecule has 0 bridgehead atoms. The normalized spacial score (nSPS) is 14.0. The molecule has 1 atom stereocenters. The molecule has 2 rings (SSSR count). The van der Waals surface area contributed by atoms with Crippen LogP contribution in [0.2, 0.25) is 0 Å². The zero-order chi connectivity index (χ0) is 15.5. The van der Waals surface area contributed by atoms with Crippen LogP contribution < -0.4 is 10.9 Å². The highest BCUT2D eigenvalue weighted by atomic mass is 16.4. The van der Waals surface area contributed by atoms with E-state index >= 15 is 0 Å². The Hall–Kier alpha value is -2.21. The van der Waals surface area contributed by atoms with Crippen LogP contribution in [0.15, 0.2) is 29.1 Å². The second kappa shape index (κ2) is 6.05. The standard InChI is InChI=1S/C15H19N3O3/c1-3-8-15(2,14(20)21)16-9-12-17-11-7-5-4-6-10(11)13(19)18-12/h4-7,16H,3,8-9H2,1-2H3,(H,20,21)(H,17,18,19). The number of nitrogens with one attached hydrogen (secondary N) is 2. The van der Waals surface area contributed by atoms with Crippen LogP contribution in [0.4, 0.5) is 0 Å². The molecule has 112 valence electrons. The molecule has 1 aromatic heterocycles. The summed E-state index contributed by atoms with van der Waals surface area (Å²) in [5.74, 6) is -0.477. The lowest BCUT2D eigenvalue weighted by Gasteiger charge is -2.25. The van der Waals surface area contributed by atoms with Gasteiger partial charge in [-0.05, 0) is 25.5 Å². The minimum absolute atomic E-state index is 0.197. The topological polar surface area (TPSA) is 95.1 Å². The summed E-state index contributed by atoms with van der Waals surface area (Å²) in [6.45, 7) is 3.76. The van der Waals surface area contributed by atoms with Gasteiger partial charge in [0, 0.05) is 0 Å². The van der Waals surface area contributed by atoms with Crippen LogP contribution >= 0.6 is 0 Å². The number of nitrogens with zero attached hydrogens (tertiary/aromatic N) is 1. The number of carboxylic acids is 1. The van der Waals surface area contributed by atoms with Crippen LogP contribution in [0.3, 0.4) is 0 Å². The lowest BCUT2D eigenvalue weighted by atomic mass is 9.96. The first kappa shape index (κ1) is 15.2. The Morgan fingerprint density at radius 1 is 1.43 bits per heavy atom. The molecule has 6 nitrogen and oxygen atoms in total. The number of fused-ring (bicyclic) bond motifs is 1. The third-order valence-electron chi connectivity index (χ3n) is 3.53. The number of benzene rings is 1. The van der Waals surface area contributed by atoms with E-state index in [9.17, 15) is 14.7 Å². The molecule has 6 heteroatoms. The van der Waals surface area contributed by atoms with Gasteiger partial charge in [-0.25, -0.2) is 4.98 Å². The molecule has 1 heterocycles. The summed E-state index contributed by atoms with van der Waals surface area (Å²) in [5.41, 5.74) is -0.644. The zero-order valence-corrected chi connectivity index (χ0v) is 12.1. The van der Waals surface area contributed by atoms with Crippen molar-refractivity contribution in [1.82, 2.24) is 15.3 Å². The molecule has 0 aliphatic rings. The summed E-state index contributed by atoms with van der Waals surface area (Å²) in [6.07, 6.45) is 1.25. The van der Waals surface area contributed by atoms with Gasteiger partial charge in [0.05, 0.1) is 17.4 Å². The highest BCUT2D eigenvalue weighted by molar-refractivity contribution is 5.78. The van der Waals surface area contributed by atoms with E-state index in [1.807, 2.05) is 13.0 Å². The van der Waals surface area contributed by atoms with E-state index in [0.29, 0.717) is 23.1 Å². The van der Waals surface area contributed by atoms with Gasteiger partial charge < -0.3 is 10.1 Å². The predicted molar refractivity (Wildman–Crippen MR) is 80.2 cm³/mol. The summed E-state index contributed by atoms with van der Waals surface area (Å²) >= 11 is 0. The molecular weight excluding hydrogens is 270 g/mol. The van der Waals surface area contributed by atoms with Gasteiger partial charge in [-0.1, -0.05) is 25.5 Å². The Bertz CT molecular complexity index is 711. The highest BCUT2D eigenvalue weighted by Gasteiger charge is 2.31. The summed E-state index contributed by atoms with van der Waals surface area (Å²) in [6, 6.07) is 7.05. The van der Waals surface area contributed by atoms with Crippen LogP contribution in [0.1, 0.15) is 32.5 Å². The van der Waals surface area contributed by atoms with E-state index in [1.54, 1.807) is 25.1 Å². The van der Waals surface area contributed by atoms with Gasteiger partial charge in [0.1, 0.15) is 11.4 Å². The van der Waals surface area contributed by atoms with Crippen molar-refractivity contribution in [3.8, 4) is 0 Å². The van der Waals surface area contributed by atoms with Crippen molar-refractivity contribution in [2.45, 2.75) is 38.8 Å². The fourth-order valence-electron chi connectivity index (χ4n) is 2.27. The first-order valence-corrected chi connectivity index (χ1v) is 6.92. The number of H-pyrrole nitrogens is 1. The van der Waals surface area contributed by atoms with Crippen molar-refractivity contribution in [2.75, 3.05) is 0 Å². The number of carboxylic acid groups (broad SMARTS) is 1. The number of para-hydroxylation sites is 1. The molecule has 21 heavy (non-hydrogen) atoms. The zero-order valence-electron chi connectivity index (χ0n) is 12.1. The van der Waals surface area contributed by atoms with Crippen molar-refractivity contribution in [3.05, 3.63) is 40.4 Å². The van der Waals surface area contributed by atoms with Crippen LogP contribution in [-0.4, -0.2) is 26.6 Å². The molecular formula is C15H19N3O3. The largest absolute Gasteiger partial charge is 0.480 e. The highest BCUT2D eigenvalue weighted by Crippen LogP contribution is 2.13. The number of rotatable bonds is 6. The van der Waals surface area contributed by atoms with Gasteiger partial charge >= 0.3 is 5.97 Å². The number of aliphatic carboxylic acids is 1. The fraction of sp³-hybridized carbons (Fsp3) is 0.400. The maximum atomic E-state index is 11.9. The first-order chi connectivity index (χ1) is 9.96. The van der Waals surface area contributed by atoms with Crippen molar-refractivity contribution >= 4 is 16.9 Å². The SMILES string of the molecule is CCCC(C)(NCc1nc2ccccc2c(=O)[nH]1)C(=O)O. The van der Waals surface area contributed by atoms with E-state index in [2.05, 4.69) is 15.3 Å². The third-order valence-corrected chi connectivity index (χ3v) is 3.53. The third kappa shape index (κ3) is 3.28. The van der Waals surface area contributed by atoms with Gasteiger partial charge in [-0.2, -0.15) is 0 Å². The van der Waals surface area contributed by atoms with Crippen LogP contribution in [0.5, 0.6) is 0 Å². The maximum absolute atomic E-state index is 11.9. The average Bonchev–Trinajstić information content (AvgIpc) is 2.45. The Kier molecular flexibility index (Phi) is 4.37. The van der Waals surface area contributed by atoms with E-state index in [1.165, 1.54) is 0 Å². The van der Waals surface area contributed by atoms with Crippen molar-refractivity contribution in [3.63, 3.8) is 0 Å². The van der Waals surface area contributed by atoms with Crippen molar-refractivity contribution in [1.29, 1.82) is 0 Å². The number of hydrogen-bond donors (Lipinski definition) is 3. The van der Waals surface area contributed by atoms with Crippen molar-refractivity contribution in [2.24, 2.45) is 0 Å². The first-order valence-electron chi connectivity index (χ1n) is 6.92. The van der Waals surface area contributed by atoms with E-state index < -0.39 is 11.5 Å². The summed E-state index contributed by atoms with van der Waals surface area (Å²) in [4.78, 5) is 30.3. The predicted octanol–water partition coefficient (Wildman–Crippen LogP) is 1.66. The van der Waals surface area contributed by atoms with Gasteiger partial charge in [0.25, 0.3) is 5.56 Å². The molecule has 0 spiro atoms. The molecule has 0 fully saturated rings. The Labute approximate surface area is 122 Å². The minimum atomic E-state index is -1.03. The quantitative estimate of drug-likeness (QED) is 0.751. The molecule has 0 saturated heterocycles. The molecule has 0 saturated carbocycles. The molecule has 0 aliphatic carbocycles. The number of aromatic amines is 1. The smallest absolute Gasteiger partial charge is 0.323 e. The number of hydrogen-bond acceptors (Lipinski definition) is 4. The summed E-state index contributed by atoms with van der Waals surface area (Å²) in [7, 11) is 0. The Morgan fingerprint density at radius 3 is 2.81 bits per heavy atom. The molecule has 2 aromatic rings. The molecule has 3 N–H and O–H groups in total. The van der Waals surface area contributed by atoms with Gasteiger partial charge in [0.15, 0.2) is 0 Å². The second-order valence-electron chi connectivity index (χ2n) is 5.27. The van der Waals surface area contributed by atoms with Gasteiger partial charge in [0.2, 0.25) is 0 Å². The van der Waals surface area contributed by atoms with Crippen LogP contribution in [-0.2, 0) is 11.3 Å². The molecule has 0 aliphatic heterocycles. The molecule has 1 unspecified atom stereocenters. The van der Waals surface area contributed by atoms with Crippen LogP contribution in [0.25, 0.3) is 10.9 Å². The lowest BCUT2D eigenvalue weighted by molar-refractivity contribution is -0.144. The Balaban J connectivity index is 2.24. The average molecular weight is 289 g/mol. The van der Waals surface area contributed by atoms with Gasteiger partial charge in [-0.3, -0.25) is 14.9 Å². The minimum Gasteiger partial charge on any atom is -0.480 e. The van der Waals surface area contributed by atoms with Crippen molar-refractivity contribution < 1.29 is 9.90 Å². The fourth-order valence-corrected chi connectivity index (χ4v) is 2.27. The van der Waals surface area contributed by atoms with E-state index in [-0.39, 0.29) is 12.1 Å².